The lowest BCUT2D eigenvalue weighted by molar-refractivity contribution is -0.0584. The van der Waals surface area contributed by atoms with Gasteiger partial charge in [-0.2, -0.15) is 0 Å². The van der Waals surface area contributed by atoms with E-state index in [-0.39, 0.29) is 12.1 Å². The van der Waals surface area contributed by atoms with Gasteiger partial charge in [-0.05, 0) is 61.6 Å². The third-order valence-corrected chi connectivity index (χ3v) is 7.42. The minimum Gasteiger partial charge on any atom is -0.449 e. The fraction of sp³-hybridized carbons (Fsp3) is 0.583. The summed E-state index contributed by atoms with van der Waals surface area (Å²) in [5.41, 5.74) is 1.88. The average molecular weight is 427 g/mol. The number of ether oxygens (including phenoxy) is 3. The van der Waals surface area contributed by atoms with Crippen molar-refractivity contribution in [3.63, 3.8) is 0 Å². The summed E-state index contributed by atoms with van der Waals surface area (Å²) in [4.78, 5) is 26.9. The highest BCUT2D eigenvalue weighted by molar-refractivity contribution is 5.72. The van der Waals surface area contributed by atoms with Crippen LogP contribution in [-0.2, 0) is 14.2 Å². The molecular weight excluding hydrogens is 396 g/mol. The number of alkyl carbamates (subject to hydrolysis) is 1. The molecule has 2 unspecified atom stereocenters. The first-order chi connectivity index (χ1) is 15.1. The minimum atomic E-state index is -0.531. The summed E-state index contributed by atoms with van der Waals surface area (Å²) < 4.78 is 17.1. The van der Waals surface area contributed by atoms with Crippen molar-refractivity contribution in [1.82, 2.24) is 10.2 Å². The third-order valence-electron chi connectivity index (χ3n) is 7.42. The van der Waals surface area contributed by atoms with Gasteiger partial charge in [0, 0.05) is 13.0 Å². The number of carbonyl (C=O) groups excluding carboxylic acids is 2. The summed E-state index contributed by atoms with van der Waals surface area (Å²) in [6.45, 7) is 1.33. The minimum absolute atomic E-state index is 0.175. The van der Waals surface area contributed by atoms with Gasteiger partial charge in [-0.3, -0.25) is 0 Å². The molecule has 4 heterocycles. The number of rotatable bonds is 0. The molecule has 4 aliphatic heterocycles. The Balaban J connectivity index is 1.46. The second-order valence-corrected chi connectivity index (χ2v) is 9.10. The molecule has 1 N–H and O–H groups in total. The molecule has 6 rings (SSSR count). The number of cyclic esters (lactones) is 1. The third kappa shape index (κ3) is 4.03. The zero-order valence-electron chi connectivity index (χ0n) is 17.8. The number of piperidine rings is 1. The molecule has 1 spiro atoms. The molecule has 31 heavy (non-hydrogen) atoms. The van der Waals surface area contributed by atoms with Gasteiger partial charge in [0.2, 0.25) is 0 Å². The fourth-order valence-electron chi connectivity index (χ4n) is 5.75. The van der Waals surface area contributed by atoms with Crippen molar-refractivity contribution in [1.29, 1.82) is 0 Å². The van der Waals surface area contributed by atoms with Crippen LogP contribution in [0, 0.1) is 0 Å². The fourth-order valence-corrected chi connectivity index (χ4v) is 5.75. The van der Waals surface area contributed by atoms with Crippen LogP contribution in [0.25, 0.3) is 6.08 Å². The van der Waals surface area contributed by atoms with Crippen molar-refractivity contribution in [3.8, 4) is 0 Å². The molecule has 0 aromatic heterocycles. The number of hydrogen-bond donors (Lipinski definition) is 1. The zero-order valence-corrected chi connectivity index (χ0v) is 17.8. The number of hydrogen-bond acceptors (Lipinski definition) is 5. The molecule has 5 aliphatic rings. The Morgan fingerprint density at radius 2 is 1.90 bits per heavy atom. The van der Waals surface area contributed by atoms with Gasteiger partial charge in [0.25, 0.3) is 0 Å². The van der Waals surface area contributed by atoms with Gasteiger partial charge in [0.05, 0.1) is 37.2 Å². The molecule has 1 aliphatic carbocycles. The van der Waals surface area contributed by atoms with Crippen LogP contribution in [0.3, 0.4) is 0 Å². The highest BCUT2D eigenvalue weighted by atomic mass is 16.6. The van der Waals surface area contributed by atoms with Crippen LogP contribution in [-0.4, -0.2) is 54.5 Å². The number of nitrogens with one attached hydrogen (secondary N) is 1. The number of nitrogens with zero attached hydrogens (tertiary/aromatic N) is 1. The molecule has 2 saturated heterocycles. The molecule has 3 fully saturated rings. The highest BCUT2D eigenvalue weighted by Crippen LogP contribution is 2.38. The van der Waals surface area contributed by atoms with Gasteiger partial charge in [-0.25, -0.2) is 9.59 Å². The van der Waals surface area contributed by atoms with Gasteiger partial charge < -0.3 is 24.4 Å². The molecule has 7 heteroatoms. The van der Waals surface area contributed by atoms with Crippen molar-refractivity contribution >= 4 is 18.3 Å². The molecular formula is C24H30N2O5. The van der Waals surface area contributed by atoms with E-state index in [2.05, 4.69) is 23.5 Å². The maximum atomic E-state index is 13.1. The van der Waals surface area contributed by atoms with Crippen LogP contribution < -0.4 is 5.32 Å². The summed E-state index contributed by atoms with van der Waals surface area (Å²) >= 11 is 0. The average Bonchev–Trinajstić information content (AvgIpc) is 2.78. The van der Waals surface area contributed by atoms with E-state index in [0.717, 1.165) is 44.1 Å². The topological polar surface area (TPSA) is 77.1 Å². The van der Waals surface area contributed by atoms with E-state index in [1.54, 1.807) is 4.90 Å². The first kappa shape index (κ1) is 20.4. The maximum absolute atomic E-state index is 13.1. The highest BCUT2D eigenvalue weighted by Gasteiger charge is 2.50. The Morgan fingerprint density at radius 3 is 2.74 bits per heavy atom. The van der Waals surface area contributed by atoms with E-state index in [4.69, 9.17) is 14.2 Å². The lowest BCUT2D eigenvalue weighted by atomic mass is 9.78. The van der Waals surface area contributed by atoms with Crippen molar-refractivity contribution in [3.05, 3.63) is 41.7 Å². The van der Waals surface area contributed by atoms with Gasteiger partial charge in [0.15, 0.2) is 0 Å². The molecule has 7 nitrogen and oxygen atoms in total. The van der Waals surface area contributed by atoms with Gasteiger partial charge >= 0.3 is 12.2 Å². The van der Waals surface area contributed by atoms with Crippen molar-refractivity contribution in [2.75, 3.05) is 19.8 Å². The molecule has 166 valence electrons. The molecule has 1 aromatic carbocycles. The largest absolute Gasteiger partial charge is 0.449 e. The van der Waals surface area contributed by atoms with Crippen molar-refractivity contribution in [2.45, 2.75) is 68.5 Å². The van der Waals surface area contributed by atoms with Gasteiger partial charge in [0.1, 0.15) is 0 Å². The maximum Gasteiger partial charge on any atom is 0.415 e. The molecule has 1 saturated carbocycles. The van der Waals surface area contributed by atoms with E-state index >= 15 is 0 Å². The number of benzene rings is 1. The summed E-state index contributed by atoms with van der Waals surface area (Å²) in [5.74, 6) is 0.492. The van der Waals surface area contributed by atoms with Crippen molar-refractivity contribution < 1.29 is 23.8 Å². The molecule has 0 radical (unpaired) electrons. The zero-order chi connectivity index (χ0) is 21.3. The Hall–Kier alpha value is -2.54. The smallest absolute Gasteiger partial charge is 0.415 e. The first-order valence-electron chi connectivity index (χ1n) is 11.4. The Labute approximate surface area is 182 Å². The molecule has 2 bridgehead atoms. The predicted octanol–water partition coefficient (Wildman–Crippen LogP) is 4.18. The predicted molar refractivity (Wildman–Crippen MR) is 114 cm³/mol. The number of amides is 2. The summed E-state index contributed by atoms with van der Waals surface area (Å²) in [7, 11) is 0. The molecule has 1 aromatic rings. The number of carbonyl (C=O) groups is 2. The lowest BCUT2D eigenvalue weighted by Gasteiger charge is -2.51. The van der Waals surface area contributed by atoms with Crippen LogP contribution in [0.1, 0.15) is 62.0 Å². The normalized spacial score (nSPS) is 34.6. The standard InChI is InChI=1S/C24H30N2O5/c27-22-25-24(12-15-29-22)11-3-13-26-21(24)16-31-19-8-6-18(7-9-19)20-5-2-1-4-17(20)10-14-30-23(26)28/h1-2,4-5,10,14,18-19,21H,3,6-9,11-13,15-16H2,(H,25,27)/b14-10-. The molecule has 2 atom stereocenters. The Bertz CT molecular complexity index is 859. The monoisotopic (exact) mass is 426 g/mol. The Morgan fingerprint density at radius 1 is 1.06 bits per heavy atom. The summed E-state index contributed by atoms with van der Waals surface area (Å²) in [5, 5.41) is 3.03. The van der Waals surface area contributed by atoms with E-state index in [1.807, 2.05) is 12.1 Å². The second kappa shape index (κ2) is 8.54. The van der Waals surface area contributed by atoms with E-state index in [9.17, 15) is 9.59 Å². The SMILES string of the molecule is O=C1NC2(CCCN3C(=O)O/C=C\c4ccccc4C4CCC(CC4)OCC32)CCO1. The molecule has 2 amide bonds. The van der Waals surface area contributed by atoms with E-state index in [1.165, 1.54) is 11.8 Å². The lowest BCUT2D eigenvalue weighted by Crippen LogP contribution is -2.69. The van der Waals surface area contributed by atoms with Crippen LogP contribution in [0.15, 0.2) is 30.5 Å². The van der Waals surface area contributed by atoms with Crippen LogP contribution in [0.4, 0.5) is 9.59 Å². The van der Waals surface area contributed by atoms with Crippen LogP contribution in [0.2, 0.25) is 0 Å². The van der Waals surface area contributed by atoms with Crippen LogP contribution >= 0.6 is 0 Å². The van der Waals surface area contributed by atoms with Gasteiger partial charge in [-0.1, -0.05) is 24.3 Å². The van der Waals surface area contributed by atoms with E-state index in [0.29, 0.717) is 32.1 Å². The van der Waals surface area contributed by atoms with Gasteiger partial charge in [-0.15, -0.1) is 0 Å². The quantitative estimate of drug-likeness (QED) is 0.673. The summed E-state index contributed by atoms with van der Waals surface area (Å²) in [6.07, 6.45) is 9.18. The van der Waals surface area contributed by atoms with Crippen LogP contribution in [0.5, 0.6) is 0 Å². The van der Waals surface area contributed by atoms with Crippen molar-refractivity contribution in [2.24, 2.45) is 0 Å². The number of fused-ring (bicyclic) bond motifs is 5. The van der Waals surface area contributed by atoms with E-state index < -0.39 is 17.7 Å². The summed E-state index contributed by atoms with van der Waals surface area (Å²) in [6, 6.07) is 8.07. The first-order valence-corrected chi connectivity index (χ1v) is 11.4. The second-order valence-electron chi connectivity index (χ2n) is 9.10. The Kier molecular flexibility index (Phi) is 5.61.